The fraction of sp³-hybridized carbons (Fsp3) is 0. The largest absolute Gasteiger partial charge is 0.456 e. The summed E-state index contributed by atoms with van der Waals surface area (Å²) >= 11 is 0. The number of hydrogen-bond acceptors (Lipinski definition) is 4. The highest BCUT2D eigenvalue weighted by molar-refractivity contribution is 6.16. The molecule has 0 saturated heterocycles. The van der Waals surface area contributed by atoms with E-state index >= 15 is 0 Å². The molecule has 0 aliphatic carbocycles. The second kappa shape index (κ2) is 13.8. The summed E-state index contributed by atoms with van der Waals surface area (Å²) in [5.41, 5.74) is 12.0. The minimum Gasteiger partial charge on any atom is -0.456 e. The molecule has 60 heavy (non-hydrogen) atoms. The highest BCUT2D eigenvalue weighted by Gasteiger charge is 2.22. The molecule has 5 heteroatoms. The van der Waals surface area contributed by atoms with Gasteiger partial charge in [0.15, 0.2) is 17.5 Å². The van der Waals surface area contributed by atoms with Crippen molar-refractivity contribution in [2.24, 2.45) is 0 Å². The average Bonchev–Trinajstić information content (AvgIpc) is 3.85. The van der Waals surface area contributed by atoms with E-state index in [1.54, 1.807) is 0 Å². The molecule has 0 aliphatic rings. The third-order valence-electron chi connectivity index (χ3n) is 11.6. The lowest BCUT2D eigenvalue weighted by Crippen LogP contribution is -2.00. The molecule has 12 rings (SSSR count). The summed E-state index contributed by atoms with van der Waals surface area (Å²) in [4.78, 5) is 15.5. The number of aromatic nitrogens is 4. The van der Waals surface area contributed by atoms with E-state index in [1.165, 1.54) is 21.5 Å². The van der Waals surface area contributed by atoms with Crippen LogP contribution in [-0.2, 0) is 0 Å². The Balaban J connectivity index is 1.12. The number of benzene rings is 9. The lowest BCUT2D eigenvalue weighted by Gasteiger charge is -2.15. The fourth-order valence-corrected chi connectivity index (χ4v) is 8.81. The molecule has 0 saturated carbocycles. The summed E-state index contributed by atoms with van der Waals surface area (Å²) in [7, 11) is 0. The Hall–Kier alpha value is -8.15. The molecule has 0 aliphatic heterocycles. The van der Waals surface area contributed by atoms with Crippen LogP contribution in [0.2, 0.25) is 0 Å². The van der Waals surface area contributed by atoms with E-state index in [0.717, 1.165) is 77.6 Å². The maximum Gasteiger partial charge on any atom is 0.164 e. The van der Waals surface area contributed by atoms with Crippen LogP contribution < -0.4 is 0 Å². The van der Waals surface area contributed by atoms with Crippen LogP contribution in [0.25, 0.3) is 117 Å². The van der Waals surface area contributed by atoms with Crippen LogP contribution in [-0.4, -0.2) is 19.5 Å². The minimum atomic E-state index is 0.580. The van der Waals surface area contributed by atoms with Crippen molar-refractivity contribution >= 4 is 54.5 Å². The molecule has 5 nitrogen and oxygen atoms in total. The molecule has 0 spiro atoms. The molecule has 0 unspecified atom stereocenters. The molecule has 9 aromatic carbocycles. The Morgan fingerprint density at radius 2 is 0.933 bits per heavy atom. The van der Waals surface area contributed by atoms with Crippen molar-refractivity contribution in [3.8, 4) is 62.1 Å². The lowest BCUT2D eigenvalue weighted by molar-refractivity contribution is 0.668. The van der Waals surface area contributed by atoms with Crippen molar-refractivity contribution in [3.05, 3.63) is 206 Å². The Labute approximate surface area is 345 Å². The SMILES string of the molecule is c1ccc(-c2cccc(-c3nc(-c4ccccc4)nc(-c4cccc5oc6cc(-n7c8ccccc8c8cc9ccccc9cc87)c(-c7ccccc7)cc6c45)n3)c2)cc1. The molecule has 0 radical (unpaired) electrons. The highest BCUT2D eigenvalue weighted by atomic mass is 16.3. The van der Waals surface area contributed by atoms with Crippen molar-refractivity contribution in [2.45, 2.75) is 0 Å². The fourth-order valence-electron chi connectivity index (χ4n) is 8.81. The van der Waals surface area contributed by atoms with Gasteiger partial charge in [-0.05, 0) is 63.9 Å². The van der Waals surface area contributed by atoms with Gasteiger partial charge in [0, 0.05) is 49.9 Å². The van der Waals surface area contributed by atoms with Crippen molar-refractivity contribution in [1.29, 1.82) is 0 Å². The Morgan fingerprint density at radius 1 is 0.333 bits per heavy atom. The second-order valence-electron chi connectivity index (χ2n) is 15.2. The van der Waals surface area contributed by atoms with Crippen LogP contribution in [0.5, 0.6) is 0 Å². The van der Waals surface area contributed by atoms with Crippen molar-refractivity contribution in [2.75, 3.05) is 0 Å². The van der Waals surface area contributed by atoms with Crippen LogP contribution in [0, 0.1) is 0 Å². The first-order valence-corrected chi connectivity index (χ1v) is 20.2. The zero-order valence-electron chi connectivity index (χ0n) is 32.3. The van der Waals surface area contributed by atoms with Gasteiger partial charge in [-0.2, -0.15) is 0 Å². The number of para-hydroxylation sites is 1. The van der Waals surface area contributed by atoms with Gasteiger partial charge in [0.1, 0.15) is 11.2 Å². The number of furan rings is 1. The number of fused-ring (bicyclic) bond motifs is 7. The smallest absolute Gasteiger partial charge is 0.164 e. The summed E-state index contributed by atoms with van der Waals surface area (Å²) < 4.78 is 9.25. The third-order valence-corrected chi connectivity index (χ3v) is 11.6. The molecule has 0 bridgehead atoms. The molecule has 0 fully saturated rings. The summed E-state index contributed by atoms with van der Waals surface area (Å²) in [6.07, 6.45) is 0. The topological polar surface area (TPSA) is 56.7 Å². The zero-order chi connectivity index (χ0) is 39.6. The normalized spacial score (nSPS) is 11.7. The molecule has 3 aromatic heterocycles. The van der Waals surface area contributed by atoms with Gasteiger partial charge in [-0.25, -0.2) is 15.0 Å². The van der Waals surface area contributed by atoms with Gasteiger partial charge in [-0.1, -0.05) is 164 Å². The first-order valence-electron chi connectivity index (χ1n) is 20.2. The van der Waals surface area contributed by atoms with Gasteiger partial charge in [-0.15, -0.1) is 0 Å². The van der Waals surface area contributed by atoms with Crippen molar-refractivity contribution in [1.82, 2.24) is 19.5 Å². The summed E-state index contributed by atoms with van der Waals surface area (Å²) in [6, 6.07) is 72.2. The quantitative estimate of drug-likeness (QED) is 0.169. The van der Waals surface area contributed by atoms with Crippen LogP contribution in [0.15, 0.2) is 211 Å². The lowest BCUT2D eigenvalue weighted by atomic mass is 9.98. The van der Waals surface area contributed by atoms with Gasteiger partial charge < -0.3 is 8.98 Å². The van der Waals surface area contributed by atoms with E-state index in [0.29, 0.717) is 17.5 Å². The molecule has 0 N–H and O–H groups in total. The van der Waals surface area contributed by atoms with E-state index in [2.05, 4.69) is 162 Å². The Kier molecular flexibility index (Phi) is 7.78. The zero-order valence-corrected chi connectivity index (χ0v) is 32.3. The standard InChI is InChI=1S/C55H34N4O/c1-4-16-35(17-5-1)38-24-14-25-41(30-38)54-56-53(37-20-8-3-9-21-37)57-55(58-54)43-27-15-29-50-52(43)46-33-44(36-18-6-2-7-19-36)49(34-51(46)60-50)59-47-28-13-12-26-42(47)45-31-39-22-10-11-23-40(39)32-48(45)59/h1-34H. The maximum atomic E-state index is 6.85. The van der Waals surface area contributed by atoms with Crippen molar-refractivity contribution < 1.29 is 4.42 Å². The molecule has 0 amide bonds. The van der Waals surface area contributed by atoms with E-state index in [9.17, 15) is 0 Å². The predicted molar refractivity (Wildman–Crippen MR) is 246 cm³/mol. The average molecular weight is 767 g/mol. The van der Waals surface area contributed by atoms with E-state index in [4.69, 9.17) is 19.4 Å². The first-order chi connectivity index (χ1) is 29.7. The molecule has 280 valence electrons. The monoisotopic (exact) mass is 766 g/mol. The van der Waals surface area contributed by atoms with Gasteiger partial charge in [0.2, 0.25) is 0 Å². The maximum absolute atomic E-state index is 6.85. The first kappa shape index (κ1) is 33.9. The predicted octanol–water partition coefficient (Wildman–Crippen LogP) is 14.4. The van der Waals surface area contributed by atoms with Crippen LogP contribution >= 0.6 is 0 Å². The van der Waals surface area contributed by atoms with Crippen LogP contribution in [0.1, 0.15) is 0 Å². The van der Waals surface area contributed by atoms with Crippen LogP contribution in [0.4, 0.5) is 0 Å². The van der Waals surface area contributed by atoms with E-state index in [-0.39, 0.29) is 0 Å². The third kappa shape index (κ3) is 5.59. The van der Waals surface area contributed by atoms with Crippen molar-refractivity contribution in [3.63, 3.8) is 0 Å². The Bertz CT molecular complexity index is 3590. The van der Waals surface area contributed by atoms with Crippen LogP contribution in [0.3, 0.4) is 0 Å². The summed E-state index contributed by atoms with van der Waals surface area (Å²) in [5.74, 6) is 1.79. The summed E-state index contributed by atoms with van der Waals surface area (Å²) in [6.45, 7) is 0. The van der Waals surface area contributed by atoms with Gasteiger partial charge in [0.05, 0.1) is 16.7 Å². The molecule has 3 heterocycles. The highest BCUT2D eigenvalue weighted by Crippen LogP contribution is 2.43. The number of rotatable bonds is 6. The van der Waals surface area contributed by atoms with Gasteiger partial charge >= 0.3 is 0 Å². The molecule has 0 atom stereocenters. The molecular weight excluding hydrogens is 733 g/mol. The van der Waals surface area contributed by atoms with E-state index in [1.807, 2.05) is 48.5 Å². The molecular formula is C55H34N4O. The summed E-state index contributed by atoms with van der Waals surface area (Å²) in [5, 5.41) is 6.78. The van der Waals surface area contributed by atoms with Gasteiger partial charge in [-0.3, -0.25) is 0 Å². The Morgan fingerprint density at radius 3 is 1.72 bits per heavy atom. The van der Waals surface area contributed by atoms with Gasteiger partial charge in [0.25, 0.3) is 0 Å². The second-order valence-corrected chi connectivity index (χ2v) is 15.2. The minimum absolute atomic E-state index is 0.580. The number of hydrogen-bond donors (Lipinski definition) is 0. The number of nitrogens with zero attached hydrogens (tertiary/aromatic N) is 4. The molecule has 12 aromatic rings. The van der Waals surface area contributed by atoms with E-state index < -0.39 is 0 Å².